The Hall–Kier alpha value is -0.920. The Labute approximate surface area is 132 Å². The fourth-order valence-corrected chi connectivity index (χ4v) is 7.63. The molecule has 2 heteroatoms. The molecule has 2 nitrogen and oxygen atoms in total. The van der Waals surface area contributed by atoms with Crippen molar-refractivity contribution in [3.8, 4) is 0 Å². The van der Waals surface area contributed by atoms with Crippen molar-refractivity contribution in [1.29, 1.82) is 0 Å². The van der Waals surface area contributed by atoms with Crippen LogP contribution in [0.25, 0.3) is 0 Å². The largest absolute Gasteiger partial charge is 0.291 e. The highest BCUT2D eigenvalue weighted by Gasteiger charge is 2.79. The first-order valence-corrected chi connectivity index (χ1v) is 9.13. The van der Waals surface area contributed by atoms with E-state index in [9.17, 15) is 9.59 Å². The molecular weight excluding hydrogens is 272 g/mol. The van der Waals surface area contributed by atoms with E-state index in [0.717, 1.165) is 25.7 Å². The van der Waals surface area contributed by atoms with E-state index in [1.165, 1.54) is 24.8 Å². The SMILES string of the molecule is C=C1CC[C@H]2[C@@H]3C(=O)C(=O)[C@]45C[C@H]4CC[C@]5(C)[C@H]3CC[C@]12C. The molecule has 0 aromatic carbocycles. The molecule has 0 saturated heterocycles. The molecule has 7 atom stereocenters. The van der Waals surface area contributed by atoms with Crippen molar-refractivity contribution in [2.75, 3.05) is 0 Å². The Bertz CT molecular complexity index is 634. The average Bonchev–Trinajstić information content (AvgIpc) is 3.07. The molecule has 0 radical (unpaired) electrons. The Balaban J connectivity index is 1.64. The lowest BCUT2D eigenvalue weighted by Gasteiger charge is -2.56. The van der Waals surface area contributed by atoms with Gasteiger partial charge in [-0.3, -0.25) is 9.59 Å². The summed E-state index contributed by atoms with van der Waals surface area (Å²) in [6, 6.07) is 0. The zero-order valence-electron chi connectivity index (χ0n) is 13.8. The second kappa shape index (κ2) is 3.60. The van der Waals surface area contributed by atoms with Crippen LogP contribution in [0.15, 0.2) is 12.2 Å². The number of hydrogen-bond donors (Lipinski definition) is 0. The van der Waals surface area contributed by atoms with Crippen LogP contribution >= 0.6 is 0 Å². The molecule has 1 spiro atoms. The van der Waals surface area contributed by atoms with Crippen molar-refractivity contribution in [2.24, 2.45) is 39.9 Å². The Morgan fingerprint density at radius 3 is 2.55 bits per heavy atom. The predicted molar refractivity (Wildman–Crippen MR) is 84.1 cm³/mol. The van der Waals surface area contributed by atoms with Gasteiger partial charge in [-0.1, -0.05) is 26.0 Å². The zero-order valence-corrected chi connectivity index (χ0v) is 13.8. The minimum absolute atomic E-state index is 0.000440. The van der Waals surface area contributed by atoms with Crippen LogP contribution in [0.3, 0.4) is 0 Å². The summed E-state index contributed by atoms with van der Waals surface area (Å²) in [7, 11) is 0. The van der Waals surface area contributed by atoms with E-state index in [2.05, 4.69) is 20.4 Å². The normalized spacial score (nSPS) is 58.9. The van der Waals surface area contributed by atoms with Crippen LogP contribution < -0.4 is 0 Å². The van der Waals surface area contributed by atoms with E-state index in [0.29, 0.717) is 17.8 Å². The summed E-state index contributed by atoms with van der Waals surface area (Å²) < 4.78 is 0. The van der Waals surface area contributed by atoms with Crippen LogP contribution in [0, 0.1) is 39.9 Å². The van der Waals surface area contributed by atoms with E-state index in [-0.39, 0.29) is 33.7 Å². The number of carbonyl (C=O) groups is 2. The van der Waals surface area contributed by atoms with Crippen molar-refractivity contribution in [2.45, 2.75) is 58.8 Å². The summed E-state index contributed by atoms with van der Waals surface area (Å²) >= 11 is 0. The second-order valence-electron chi connectivity index (χ2n) is 9.36. The highest BCUT2D eigenvalue weighted by atomic mass is 16.2. The van der Waals surface area contributed by atoms with E-state index < -0.39 is 0 Å². The topological polar surface area (TPSA) is 34.1 Å². The van der Waals surface area contributed by atoms with Crippen molar-refractivity contribution in [3.05, 3.63) is 12.2 Å². The molecule has 0 unspecified atom stereocenters. The van der Waals surface area contributed by atoms with Gasteiger partial charge in [0.1, 0.15) is 0 Å². The van der Waals surface area contributed by atoms with Crippen LogP contribution in [0.1, 0.15) is 58.8 Å². The molecule has 5 fully saturated rings. The number of allylic oxidation sites excluding steroid dienone is 1. The van der Waals surface area contributed by atoms with Gasteiger partial charge in [0.2, 0.25) is 11.6 Å². The molecule has 0 aromatic rings. The summed E-state index contributed by atoms with van der Waals surface area (Å²) in [6.07, 6.45) is 7.77. The summed E-state index contributed by atoms with van der Waals surface area (Å²) in [5.74, 6) is 1.40. The molecule has 22 heavy (non-hydrogen) atoms. The Morgan fingerprint density at radius 1 is 1.05 bits per heavy atom. The second-order valence-corrected chi connectivity index (χ2v) is 9.36. The smallest absolute Gasteiger partial charge is 0.205 e. The minimum atomic E-state index is -0.228. The fourth-order valence-electron chi connectivity index (χ4n) is 7.63. The standard InChI is InChI=1S/C20H26O2/c1-11-4-5-13-15-14(7-8-18(11,13)2)19(3)9-6-12-10-20(12,19)17(22)16(15)21/h12-15H,1,4-10H2,2-3H3/t12-,13+,14+,15+,18-,19-,20+/m1/s1. The highest BCUT2D eigenvalue weighted by Crippen LogP contribution is 2.79. The van der Waals surface area contributed by atoms with Crippen LogP contribution in [-0.4, -0.2) is 11.6 Å². The van der Waals surface area contributed by atoms with Gasteiger partial charge in [0.15, 0.2) is 0 Å². The van der Waals surface area contributed by atoms with Crippen LogP contribution in [0.2, 0.25) is 0 Å². The molecule has 0 N–H and O–H groups in total. The average molecular weight is 298 g/mol. The maximum atomic E-state index is 13.1. The fraction of sp³-hybridized carbons (Fsp3) is 0.800. The van der Waals surface area contributed by atoms with E-state index in [1.807, 2.05) is 0 Å². The molecule has 0 aliphatic heterocycles. The lowest BCUT2D eigenvalue weighted by Crippen LogP contribution is -2.59. The van der Waals surface area contributed by atoms with Crippen molar-refractivity contribution in [1.82, 2.24) is 0 Å². The molecule has 5 rings (SSSR count). The summed E-state index contributed by atoms with van der Waals surface area (Å²) in [5.41, 5.74) is 1.32. The van der Waals surface area contributed by atoms with E-state index in [4.69, 9.17) is 0 Å². The summed E-state index contributed by atoms with van der Waals surface area (Å²) in [4.78, 5) is 26.1. The summed E-state index contributed by atoms with van der Waals surface area (Å²) in [5, 5.41) is 0. The first-order valence-electron chi connectivity index (χ1n) is 9.13. The lowest BCUT2D eigenvalue weighted by atomic mass is 9.46. The van der Waals surface area contributed by atoms with Gasteiger partial charge in [-0.25, -0.2) is 0 Å². The number of Topliss-reactive ketones (excluding diaryl/α,β-unsaturated/α-hetero) is 2. The third-order valence-corrected chi connectivity index (χ3v) is 9.11. The van der Waals surface area contributed by atoms with Gasteiger partial charge in [0, 0.05) is 11.3 Å². The summed E-state index contributed by atoms with van der Waals surface area (Å²) in [6.45, 7) is 8.96. The van der Waals surface area contributed by atoms with Gasteiger partial charge in [-0.05, 0) is 73.5 Å². The number of hydrogen-bond acceptors (Lipinski definition) is 2. The van der Waals surface area contributed by atoms with Gasteiger partial charge in [0.05, 0.1) is 0 Å². The van der Waals surface area contributed by atoms with Crippen molar-refractivity contribution in [3.63, 3.8) is 0 Å². The minimum Gasteiger partial charge on any atom is -0.291 e. The van der Waals surface area contributed by atoms with Crippen molar-refractivity contribution >= 4 is 11.6 Å². The lowest BCUT2D eigenvalue weighted by molar-refractivity contribution is -0.163. The first kappa shape index (κ1) is 13.5. The predicted octanol–water partition coefficient (Wildman–Crippen LogP) is 3.94. The quantitative estimate of drug-likeness (QED) is 0.501. The van der Waals surface area contributed by atoms with Gasteiger partial charge in [0.25, 0.3) is 0 Å². The molecule has 5 saturated carbocycles. The van der Waals surface area contributed by atoms with E-state index in [1.54, 1.807) is 0 Å². The van der Waals surface area contributed by atoms with Gasteiger partial charge >= 0.3 is 0 Å². The number of ketones is 2. The monoisotopic (exact) mass is 298 g/mol. The molecule has 0 heterocycles. The number of fused-ring (bicyclic) bond motifs is 4. The van der Waals surface area contributed by atoms with E-state index >= 15 is 0 Å². The maximum Gasteiger partial charge on any atom is 0.205 e. The third kappa shape index (κ3) is 1.14. The van der Waals surface area contributed by atoms with Gasteiger partial charge < -0.3 is 0 Å². The van der Waals surface area contributed by atoms with Crippen LogP contribution in [0.5, 0.6) is 0 Å². The van der Waals surface area contributed by atoms with Gasteiger partial charge in [-0.2, -0.15) is 0 Å². The molecule has 0 bridgehead atoms. The Kier molecular flexibility index (Phi) is 2.21. The Morgan fingerprint density at radius 2 is 1.82 bits per heavy atom. The van der Waals surface area contributed by atoms with Crippen LogP contribution in [-0.2, 0) is 9.59 Å². The zero-order chi connectivity index (χ0) is 15.5. The van der Waals surface area contributed by atoms with Crippen LogP contribution in [0.4, 0.5) is 0 Å². The molecular formula is C20H26O2. The molecule has 5 aliphatic rings. The van der Waals surface area contributed by atoms with Gasteiger partial charge in [-0.15, -0.1) is 0 Å². The highest BCUT2D eigenvalue weighted by molar-refractivity contribution is 6.42. The number of rotatable bonds is 0. The number of carbonyl (C=O) groups excluding carboxylic acids is 2. The molecule has 118 valence electrons. The first-order chi connectivity index (χ1) is 10.4. The molecule has 0 aromatic heterocycles. The third-order valence-electron chi connectivity index (χ3n) is 9.11. The molecule has 0 amide bonds. The maximum absolute atomic E-state index is 13.1. The van der Waals surface area contributed by atoms with Crippen molar-refractivity contribution < 1.29 is 9.59 Å². The molecule has 5 aliphatic carbocycles.